The van der Waals surface area contributed by atoms with E-state index >= 15 is 0 Å². The zero-order chi connectivity index (χ0) is 20.1. The number of nitrogens with one attached hydrogen (secondary N) is 2. The predicted octanol–water partition coefficient (Wildman–Crippen LogP) is 4.31. The van der Waals surface area contributed by atoms with E-state index < -0.39 is 11.6 Å². The molecule has 0 atom stereocenters. The van der Waals surface area contributed by atoms with Gasteiger partial charge in [-0.25, -0.2) is 8.78 Å². The lowest BCUT2D eigenvalue weighted by Gasteiger charge is -2.09. The van der Waals surface area contributed by atoms with Gasteiger partial charge in [-0.15, -0.1) is 0 Å². The maximum Gasteiger partial charge on any atom is 0.226 e. The summed E-state index contributed by atoms with van der Waals surface area (Å²) in [6, 6.07) is 10.6. The number of amides is 1. The summed E-state index contributed by atoms with van der Waals surface area (Å²) in [6.45, 7) is 2.75. The normalized spacial score (nSPS) is 10.7. The minimum Gasteiger partial charge on any atom is -0.494 e. The highest BCUT2D eigenvalue weighted by Crippen LogP contribution is 2.21. The topological polar surface area (TPSA) is 71.9 Å². The number of carbonyl (C=O) groups excluding carboxylic acids is 1. The van der Waals surface area contributed by atoms with Crippen LogP contribution in [0.5, 0.6) is 5.75 Å². The van der Waals surface area contributed by atoms with Crippen molar-refractivity contribution >= 4 is 23.8 Å². The molecule has 1 aromatic heterocycles. The second kappa shape index (κ2) is 8.75. The van der Waals surface area contributed by atoms with Gasteiger partial charge in [0.15, 0.2) is 22.2 Å². The van der Waals surface area contributed by atoms with Crippen LogP contribution in [0, 0.1) is 16.4 Å². The predicted molar refractivity (Wildman–Crippen MR) is 104 cm³/mol. The van der Waals surface area contributed by atoms with Crippen molar-refractivity contribution < 1.29 is 18.3 Å². The van der Waals surface area contributed by atoms with Gasteiger partial charge < -0.3 is 10.1 Å². The molecule has 0 unspecified atom stereocenters. The molecule has 0 aliphatic heterocycles. The molecule has 0 radical (unpaired) electrons. The van der Waals surface area contributed by atoms with Crippen molar-refractivity contribution in [1.29, 1.82) is 0 Å². The van der Waals surface area contributed by atoms with Crippen molar-refractivity contribution in [3.8, 4) is 17.1 Å². The molecule has 28 heavy (non-hydrogen) atoms. The molecule has 0 saturated carbocycles. The van der Waals surface area contributed by atoms with E-state index in [1.807, 2.05) is 31.2 Å². The number of aromatic nitrogens is 3. The molecule has 2 aromatic carbocycles. The highest BCUT2D eigenvalue weighted by atomic mass is 32.1. The number of hydrogen-bond acceptors (Lipinski definition) is 4. The van der Waals surface area contributed by atoms with Crippen LogP contribution in [0.2, 0.25) is 0 Å². The Labute approximate surface area is 165 Å². The molecular weight excluding hydrogens is 386 g/mol. The lowest BCUT2D eigenvalue weighted by molar-refractivity contribution is -0.116. The summed E-state index contributed by atoms with van der Waals surface area (Å²) in [5.41, 5.74) is 1.00. The summed E-state index contributed by atoms with van der Waals surface area (Å²) >= 11 is 5.25. The van der Waals surface area contributed by atoms with E-state index in [4.69, 9.17) is 17.0 Å². The van der Waals surface area contributed by atoms with Gasteiger partial charge in [-0.1, -0.05) is 0 Å². The second-order valence-corrected chi connectivity index (χ2v) is 6.28. The Morgan fingerprint density at radius 2 is 1.96 bits per heavy atom. The highest BCUT2D eigenvalue weighted by Gasteiger charge is 2.12. The number of halogens is 2. The van der Waals surface area contributed by atoms with E-state index in [9.17, 15) is 13.6 Å². The van der Waals surface area contributed by atoms with Gasteiger partial charge in [-0.05, 0) is 55.5 Å². The molecule has 0 spiro atoms. The molecule has 0 saturated heterocycles. The summed E-state index contributed by atoms with van der Waals surface area (Å²) in [7, 11) is 0. The van der Waals surface area contributed by atoms with Crippen molar-refractivity contribution in [2.75, 3.05) is 11.9 Å². The highest BCUT2D eigenvalue weighted by molar-refractivity contribution is 7.71. The van der Waals surface area contributed by atoms with Crippen molar-refractivity contribution in [3.63, 3.8) is 0 Å². The van der Waals surface area contributed by atoms with E-state index in [1.54, 1.807) is 4.57 Å². The van der Waals surface area contributed by atoms with Crippen molar-refractivity contribution in [3.05, 3.63) is 58.9 Å². The van der Waals surface area contributed by atoms with Gasteiger partial charge in [-0.3, -0.25) is 14.5 Å². The van der Waals surface area contributed by atoms with Crippen LogP contribution >= 0.6 is 12.2 Å². The molecule has 6 nitrogen and oxygen atoms in total. The first-order valence-electron chi connectivity index (χ1n) is 8.61. The van der Waals surface area contributed by atoms with Gasteiger partial charge in [0.2, 0.25) is 5.91 Å². The van der Waals surface area contributed by atoms with Crippen LogP contribution in [0.15, 0.2) is 42.5 Å². The van der Waals surface area contributed by atoms with Crippen molar-refractivity contribution in [2.45, 2.75) is 19.9 Å². The number of hydrogen-bond donors (Lipinski definition) is 2. The fourth-order valence-corrected chi connectivity index (χ4v) is 2.85. The lowest BCUT2D eigenvalue weighted by atomic mass is 10.2. The lowest BCUT2D eigenvalue weighted by Crippen LogP contribution is -2.15. The van der Waals surface area contributed by atoms with Gasteiger partial charge in [0, 0.05) is 30.3 Å². The maximum atomic E-state index is 13.2. The standard InChI is InChI=1S/C19H18F2N4O2S/c1-2-27-14-6-3-12(4-7-14)18-23-24-19(28)25(18)10-9-17(26)22-13-5-8-15(20)16(21)11-13/h3-8,11H,2,9-10H2,1H3,(H,22,26)(H,24,28). The van der Waals surface area contributed by atoms with Gasteiger partial charge in [0.05, 0.1) is 6.61 Å². The summed E-state index contributed by atoms with van der Waals surface area (Å²) in [5, 5.41) is 9.48. The third-order valence-electron chi connectivity index (χ3n) is 3.95. The average Bonchev–Trinajstić information content (AvgIpc) is 3.04. The van der Waals surface area contributed by atoms with Crippen LogP contribution in [0.25, 0.3) is 11.4 Å². The van der Waals surface area contributed by atoms with E-state index in [-0.39, 0.29) is 24.6 Å². The van der Waals surface area contributed by atoms with Gasteiger partial charge in [0.25, 0.3) is 0 Å². The summed E-state index contributed by atoms with van der Waals surface area (Å²) < 4.78 is 33.7. The SMILES string of the molecule is CCOc1ccc(-c2n[nH]c(=S)n2CCC(=O)Nc2ccc(F)c(F)c2)cc1. The molecule has 0 aliphatic carbocycles. The molecule has 1 heterocycles. The zero-order valence-electron chi connectivity index (χ0n) is 15.0. The number of H-pyrrole nitrogens is 1. The van der Waals surface area contributed by atoms with Gasteiger partial charge in [-0.2, -0.15) is 5.10 Å². The van der Waals surface area contributed by atoms with Crippen molar-refractivity contribution in [2.24, 2.45) is 0 Å². The fourth-order valence-electron chi connectivity index (χ4n) is 2.62. The molecular formula is C19H18F2N4O2S. The first-order valence-corrected chi connectivity index (χ1v) is 9.02. The van der Waals surface area contributed by atoms with E-state index in [2.05, 4.69) is 15.5 Å². The summed E-state index contributed by atoms with van der Waals surface area (Å²) in [5.74, 6) is -1.01. The maximum absolute atomic E-state index is 13.2. The summed E-state index contributed by atoms with van der Waals surface area (Å²) in [6.07, 6.45) is 0.0802. The van der Waals surface area contributed by atoms with Crippen LogP contribution in [0.1, 0.15) is 13.3 Å². The third kappa shape index (κ3) is 4.61. The Morgan fingerprint density at radius 1 is 1.21 bits per heavy atom. The Bertz CT molecular complexity index is 1030. The van der Waals surface area contributed by atoms with E-state index in [1.165, 1.54) is 6.07 Å². The minimum atomic E-state index is -1.02. The van der Waals surface area contributed by atoms with Crippen LogP contribution in [-0.4, -0.2) is 27.3 Å². The molecule has 0 aliphatic rings. The van der Waals surface area contributed by atoms with Crippen LogP contribution < -0.4 is 10.1 Å². The van der Waals surface area contributed by atoms with Crippen LogP contribution in [0.3, 0.4) is 0 Å². The molecule has 0 bridgehead atoms. The Balaban J connectivity index is 1.69. The monoisotopic (exact) mass is 404 g/mol. The third-order valence-corrected chi connectivity index (χ3v) is 4.26. The number of anilines is 1. The number of nitrogens with zero attached hydrogens (tertiary/aromatic N) is 2. The smallest absolute Gasteiger partial charge is 0.226 e. The molecule has 146 valence electrons. The van der Waals surface area contributed by atoms with Crippen molar-refractivity contribution in [1.82, 2.24) is 14.8 Å². The van der Waals surface area contributed by atoms with Crippen LogP contribution in [-0.2, 0) is 11.3 Å². The molecule has 2 N–H and O–H groups in total. The molecule has 0 fully saturated rings. The number of benzene rings is 2. The van der Waals surface area contributed by atoms with Crippen LogP contribution in [0.4, 0.5) is 14.5 Å². The largest absolute Gasteiger partial charge is 0.494 e. The van der Waals surface area contributed by atoms with E-state index in [0.717, 1.165) is 23.4 Å². The van der Waals surface area contributed by atoms with Gasteiger partial charge >= 0.3 is 0 Å². The second-order valence-electron chi connectivity index (χ2n) is 5.89. The first-order chi connectivity index (χ1) is 13.5. The molecule has 9 heteroatoms. The number of ether oxygens (including phenoxy) is 1. The molecule has 3 rings (SSSR count). The number of carbonyl (C=O) groups is 1. The average molecular weight is 404 g/mol. The quantitative estimate of drug-likeness (QED) is 0.576. The first kappa shape index (κ1) is 19.7. The Hall–Kier alpha value is -3.07. The fraction of sp³-hybridized carbons (Fsp3) is 0.211. The molecule has 3 aromatic rings. The minimum absolute atomic E-state index is 0.0802. The van der Waals surface area contributed by atoms with Gasteiger partial charge in [0.1, 0.15) is 5.75 Å². The Morgan fingerprint density at radius 3 is 2.64 bits per heavy atom. The number of rotatable bonds is 7. The number of aromatic amines is 1. The molecule has 1 amide bonds. The Kier molecular flexibility index (Phi) is 6.15. The zero-order valence-corrected chi connectivity index (χ0v) is 15.9. The van der Waals surface area contributed by atoms with E-state index in [0.29, 0.717) is 17.2 Å². The summed E-state index contributed by atoms with van der Waals surface area (Å²) in [4.78, 5) is 12.2.